The Balaban J connectivity index is 0.000000226. The Morgan fingerprint density at radius 1 is 0.606 bits per heavy atom. The minimum absolute atomic E-state index is 0.136. The Bertz CT molecular complexity index is 2730. The molecular formula is C49H71N11O9S2. The van der Waals surface area contributed by atoms with Gasteiger partial charge in [-0.25, -0.2) is 19.0 Å². The predicted octanol–water partition coefficient (Wildman–Crippen LogP) is 4.99. The van der Waals surface area contributed by atoms with E-state index in [2.05, 4.69) is 68.3 Å². The first-order valence-corrected chi connectivity index (χ1v) is 27.2. The van der Waals surface area contributed by atoms with E-state index in [1.54, 1.807) is 14.1 Å². The van der Waals surface area contributed by atoms with Gasteiger partial charge < -0.3 is 25.3 Å². The fourth-order valence-corrected chi connectivity index (χ4v) is 11.2. The van der Waals surface area contributed by atoms with E-state index in [1.165, 1.54) is 87.7 Å². The number of unbranched alkanes of at least 4 members (excludes halogenated alkanes) is 2. The van der Waals surface area contributed by atoms with Crippen LogP contribution < -0.4 is 20.1 Å². The molecule has 0 atom stereocenters. The Morgan fingerprint density at radius 3 is 1.42 bits per heavy atom. The third kappa shape index (κ3) is 15.0. The van der Waals surface area contributed by atoms with Crippen molar-refractivity contribution in [3.05, 3.63) is 80.7 Å². The van der Waals surface area contributed by atoms with Crippen LogP contribution in [0.1, 0.15) is 113 Å². The highest BCUT2D eigenvalue weighted by Gasteiger charge is 2.30. The number of hydrogen-bond acceptors (Lipinski definition) is 13. The lowest BCUT2D eigenvalue weighted by Crippen LogP contribution is -2.35. The Kier molecular flexibility index (Phi) is 20.1. The van der Waals surface area contributed by atoms with Crippen molar-refractivity contribution in [1.82, 2.24) is 43.7 Å². The average molecular weight is 1020 g/mol. The summed E-state index contributed by atoms with van der Waals surface area (Å²) in [5.74, 6) is -0.333. The Labute approximate surface area is 418 Å². The van der Waals surface area contributed by atoms with Gasteiger partial charge in [-0.2, -0.15) is 36.6 Å². The molecular weight excluding hydrogens is 951 g/mol. The van der Waals surface area contributed by atoms with E-state index in [4.69, 9.17) is 9.59 Å². The maximum Gasteiger partial charge on any atom is 0.373 e. The molecule has 0 spiro atoms. The van der Waals surface area contributed by atoms with E-state index >= 15 is 0 Å². The van der Waals surface area contributed by atoms with Gasteiger partial charge in [0.05, 0.1) is 0 Å². The fraction of sp³-hybridized carbons (Fsp3) is 0.551. The minimum Gasteiger partial charge on any atom is -0.340 e. The van der Waals surface area contributed by atoms with Crippen molar-refractivity contribution in [2.24, 2.45) is 14.1 Å². The first-order chi connectivity index (χ1) is 33.7. The summed E-state index contributed by atoms with van der Waals surface area (Å²) in [6.07, 6.45) is 18.4. The molecule has 4 N–H and O–H groups in total. The van der Waals surface area contributed by atoms with Gasteiger partial charge in [0.15, 0.2) is 10.1 Å². The van der Waals surface area contributed by atoms with Gasteiger partial charge in [-0.15, -0.1) is 0 Å². The number of carbonyl (C=O) groups is 3. The van der Waals surface area contributed by atoms with Crippen molar-refractivity contribution in [3.63, 3.8) is 0 Å². The molecule has 4 aliphatic carbocycles. The van der Waals surface area contributed by atoms with Crippen LogP contribution in [0.25, 0.3) is 0 Å². The lowest BCUT2D eigenvalue weighted by Gasteiger charge is -2.18. The largest absolute Gasteiger partial charge is 0.373 e. The van der Waals surface area contributed by atoms with Gasteiger partial charge in [0.2, 0.25) is 0 Å². The second-order valence-corrected chi connectivity index (χ2v) is 22.1. The second-order valence-electron chi connectivity index (χ2n) is 18.9. The SMILES string of the molecule is CCCCCN(C)C.CN(C)CCCN(C)C(=O)c1cc(S(=O)(=O)NC(=O)Nc2c3c(cc4c2CCC4)CCC3)nn1C.Cn1ccc(S(=O)(=O)NC(=O)Nc2c3c(cc4c2CCC4)CCC3)n1.O=C=O. The Morgan fingerprint density at radius 2 is 1.03 bits per heavy atom. The van der Waals surface area contributed by atoms with Crippen molar-refractivity contribution < 1.29 is 40.8 Å². The summed E-state index contributed by atoms with van der Waals surface area (Å²) < 4.78 is 57.1. The van der Waals surface area contributed by atoms with Crippen LogP contribution in [0.4, 0.5) is 21.0 Å². The number of anilines is 2. The standard InChI is InChI=1S/C24H34N6O4S.C17H20N4O3S.C7H17N.CO2/c1-28(2)12-7-13-29(3)23(31)20-15-21(26-30(20)4)35(33,34)27-24(32)25-22-18-10-5-8-16(18)14-17-9-6-11-19(17)22;1-21-9-8-15(19-21)25(23,24)20-17(22)18-16-13-6-2-4-11(13)10-12-5-3-7-14(12)16;1-4-5-6-7-8(2)3;2-1-3/h14-15H,5-13H2,1-4H3,(H2,25,27,32);8-10H,2-7H2,1H3,(H2,18,20,22);4-7H2,1-3H3;. The molecule has 8 rings (SSSR count). The van der Waals surface area contributed by atoms with Crippen LogP contribution in [0.15, 0.2) is 40.5 Å². The maximum absolute atomic E-state index is 12.9. The van der Waals surface area contributed by atoms with Gasteiger partial charge in [-0.1, -0.05) is 31.9 Å². The summed E-state index contributed by atoms with van der Waals surface area (Å²) in [5, 5.41) is 12.9. The zero-order valence-electron chi connectivity index (χ0n) is 42.4. The number of rotatable bonds is 15. The Hall–Kier alpha value is -5.93. The topological polar surface area (TPSA) is 247 Å². The molecule has 0 bridgehead atoms. The normalized spacial score (nSPS) is 14.1. The molecule has 0 saturated heterocycles. The molecule has 0 fully saturated rings. The van der Waals surface area contributed by atoms with Crippen LogP contribution in [-0.2, 0) is 95.1 Å². The third-order valence-corrected chi connectivity index (χ3v) is 15.3. The molecule has 20 nitrogen and oxygen atoms in total. The highest BCUT2D eigenvalue weighted by molar-refractivity contribution is 7.90. The summed E-state index contributed by atoms with van der Waals surface area (Å²) in [4.78, 5) is 60.0. The van der Waals surface area contributed by atoms with E-state index in [-0.39, 0.29) is 27.8 Å². The number of aromatic nitrogens is 4. The van der Waals surface area contributed by atoms with Crippen LogP contribution in [0.2, 0.25) is 0 Å². The smallest absolute Gasteiger partial charge is 0.340 e. The number of amides is 5. The molecule has 0 radical (unpaired) electrons. The molecule has 2 heterocycles. The van der Waals surface area contributed by atoms with Gasteiger partial charge in [0, 0.05) is 51.3 Å². The van der Waals surface area contributed by atoms with Crippen LogP contribution in [0.3, 0.4) is 0 Å². The second kappa shape index (κ2) is 25.5. The van der Waals surface area contributed by atoms with Crippen molar-refractivity contribution in [3.8, 4) is 0 Å². The predicted molar refractivity (Wildman–Crippen MR) is 269 cm³/mol. The van der Waals surface area contributed by atoms with Crippen LogP contribution in [-0.4, -0.2) is 130 Å². The lowest BCUT2D eigenvalue weighted by molar-refractivity contribution is -0.191. The summed E-state index contributed by atoms with van der Waals surface area (Å²) in [6, 6.07) is 5.51. The van der Waals surface area contributed by atoms with Crippen LogP contribution in [0.5, 0.6) is 0 Å². The molecule has 2 aromatic carbocycles. The highest BCUT2D eigenvalue weighted by atomic mass is 32.2. The first-order valence-electron chi connectivity index (χ1n) is 24.3. The number of urea groups is 2. The quantitative estimate of drug-likeness (QED) is 0.115. The third-order valence-electron chi connectivity index (χ3n) is 12.8. The van der Waals surface area contributed by atoms with Gasteiger partial charge >= 0.3 is 18.2 Å². The lowest BCUT2D eigenvalue weighted by atomic mass is 9.99. The van der Waals surface area contributed by atoms with Crippen molar-refractivity contribution in [1.29, 1.82) is 0 Å². The molecule has 388 valence electrons. The zero-order valence-corrected chi connectivity index (χ0v) is 44.1. The first kappa shape index (κ1) is 56.0. The van der Waals surface area contributed by atoms with E-state index in [9.17, 15) is 31.2 Å². The zero-order chi connectivity index (χ0) is 52.0. The number of nitrogens with one attached hydrogen (secondary N) is 4. The number of nitrogens with zero attached hydrogens (tertiary/aromatic N) is 7. The summed E-state index contributed by atoms with van der Waals surface area (Å²) in [7, 11) is 4.71. The summed E-state index contributed by atoms with van der Waals surface area (Å²) >= 11 is 0. The van der Waals surface area contributed by atoms with E-state index in [0.29, 0.717) is 6.54 Å². The number of benzene rings is 2. The number of sulfonamides is 2. The van der Waals surface area contributed by atoms with Gasteiger partial charge in [0.1, 0.15) is 5.69 Å². The molecule has 4 aromatic rings. The molecule has 5 amide bonds. The van der Waals surface area contributed by atoms with Gasteiger partial charge in [-0.05, 0) is 182 Å². The number of aryl methyl sites for hydroxylation is 6. The highest BCUT2D eigenvalue weighted by Crippen LogP contribution is 2.40. The van der Waals surface area contributed by atoms with Crippen molar-refractivity contribution >= 4 is 55.5 Å². The molecule has 0 aliphatic heterocycles. The molecule has 22 heteroatoms. The molecule has 71 heavy (non-hydrogen) atoms. The van der Waals surface area contributed by atoms with E-state index in [0.717, 1.165) is 124 Å². The maximum atomic E-state index is 12.9. The summed E-state index contributed by atoms with van der Waals surface area (Å²) in [6.45, 7) is 4.83. The monoisotopic (exact) mass is 1020 g/mol. The van der Waals surface area contributed by atoms with E-state index in [1.807, 2.05) is 19.0 Å². The molecule has 2 aromatic heterocycles. The average Bonchev–Trinajstić information content (AvgIpc) is 4.16. The number of carbonyl (C=O) groups excluding carboxylic acids is 5. The van der Waals surface area contributed by atoms with E-state index < -0.39 is 32.1 Å². The van der Waals surface area contributed by atoms with Crippen LogP contribution in [0, 0.1) is 0 Å². The van der Waals surface area contributed by atoms with Gasteiger partial charge in [0.25, 0.3) is 26.0 Å². The number of fused-ring (bicyclic) bond motifs is 4. The molecule has 4 aliphatic rings. The number of hydrogen-bond donors (Lipinski definition) is 4. The van der Waals surface area contributed by atoms with Crippen molar-refractivity contribution in [2.45, 2.75) is 120 Å². The minimum atomic E-state index is -4.27. The fourth-order valence-electron chi connectivity index (χ4n) is 9.47. The summed E-state index contributed by atoms with van der Waals surface area (Å²) in [5.41, 5.74) is 11.3. The van der Waals surface area contributed by atoms with Crippen LogP contribution >= 0.6 is 0 Å². The molecule has 0 unspecified atom stereocenters. The molecule has 0 saturated carbocycles. The van der Waals surface area contributed by atoms with Crippen molar-refractivity contribution in [2.75, 3.05) is 65.5 Å². The van der Waals surface area contributed by atoms with Gasteiger partial charge in [-0.3, -0.25) is 14.2 Å².